The van der Waals surface area contributed by atoms with Crippen molar-refractivity contribution in [2.45, 2.75) is 12.8 Å². The predicted molar refractivity (Wildman–Crippen MR) is 59.5 cm³/mol. The normalized spacial score (nSPS) is 8.93. The summed E-state index contributed by atoms with van der Waals surface area (Å²) in [6.45, 7) is 2.08. The van der Waals surface area contributed by atoms with Crippen LogP contribution in [0.2, 0.25) is 0 Å². The molecular formula is C12H11ClO2. The highest BCUT2D eigenvalue weighted by Gasteiger charge is 1.97. The maximum atomic E-state index is 11.0. The van der Waals surface area contributed by atoms with Crippen molar-refractivity contribution in [1.82, 2.24) is 0 Å². The molecule has 0 saturated heterocycles. The van der Waals surface area contributed by atoms with Crippen LogP contribution < -0.4 is 0 Å². The highest BCUT2D eigenvalue weighted by Crippen LogP contribution is 2.09. The maximum Gasteiger partial charge on any atom is 0.384 e. The number of hydrogen-bond acceptors (Lipinski definition) is 2. The van der Waals surface area contributed by atoms with Crippen molar-refractivity contribution in [3.05, 3.63) is 35.4 Å². The molecule has 0 bridgehead atoms. The molecule has 0 aromatic heterocycles. The van der Waals surface area contributed by atoms with Crippen LogP contribution in [0.3, 0.4) is 0 Å². The second kappa shape index (κ2) is 6.10. The van der Waals surface area contributed by atoms with Crippen LogP contribution in [0.15, 0.2) is 24.3 Å². The van der Waals surface area contributed by atoms with Gasteiger partial charge in [0.25, 0.3) is 0 Å². The molecule has 0 spiro atoms. The van der Waals surface area contributed by atoms with Crippen molar-refractivity contribution >= 4 is 17.6 Å². The Morgan fingerprint density at radius 1 is 1.47 bits per heavy atom. The lowest BCUT2D eigenvalue weighted by Crippen LogP contribution is -1.99. The van der Waals surface area contributed by atoms with Gasteiger partial charge >= 0.3 is 5.97 Å². The first-order valence-electron chi connectivity index (χ1n) is 4.60. The minimum Gasteiger partial charge on any atom is -0.456 e. The number of halogens is 1. The summed E-state index contributed by atoms with van der Waals surface area (Å²) in [5.41, 5.74) is 1.68. The zero-order chi connectivity index (χ0) is 11.1. The molecule has 1 rings (SSSR count). The summed E-state index contributed by atoms with van der Waals surface area (Å²) in [7, 11) is 0. The van der Waals surface area contributed by atoms with E-state index in [2.05, 4.69) is 11.8 Å². The first-order chi connectivity index (χ1) is 7.27. The number of benzene rings is 1. The third-order valence-electron chi connectivity index (χ3n) is 1.74. The molecule has 3 heteroatoms. The molecule has 0 aliphatic rings. The molecule has 0 aliphatic carbocycles. The number of carbonyl (C=O) groups is 1. The van der Waals surface area contributed by atoms with Crippen LogP contribution in [0.4, 0.5) is 0 Å². The van der Waals surface area contributed by atoms with Gasteiger partial charge in [-0.3, -0.25) is 0 Å². The number of rotatable bonds is 2. The number of carbonyl (C=O) groups excluding carboxylic acids is 1. The fourth-order valence-corrected chi connectivity index (χ4v) is 1.28. The Bertz CT molecular complexity index is 402. The van der Waals surface area contributed by atoms with Gasteiger partial charge in [-0.15, -0.1) is 11.6 Å². The Hall–Kier alpha value is -1.46. The topological polar surface area (TPSA) is 26.3 Å². The highest BCUT2D eigenvalue weighted by atomic mass is 35.5. The molecule has 0 aliphatic heterocycles. The van der Waals surface area contributed by atoms with Gasteiger partial charge in [0.15, 0.2) is 0 Å². The molecule has 15 heavy (non-hydrogen) atoms. The summed E-state index contributed by atoms with van der Waals surface area (Å²) >= 11 is 5.72. The lowest BCUT2D eigenvalue weighted by atomic mass is 10.1. The fraction of sp³-hybridized carbons (Fsp3) is 0.250. The summed E-state index contributed by atoms with van der Waals surface area (Å²) in [5.74, 6) is 5.02. The summed E-state index contributed by atoms with van der Waals surface area (Å²) in [4.78, 5) is 11.0. The second-order valence-corrected chi connectivity index (χ2v) is 3.03. The monoisotopic (exact) mass is 222 g/mol. The smallest absolute Gasteiger partial charge is 0.384 e. The van der Waals surface area contributed by atoms with E-state index in [0.29, 0.717) is 12.5 Å². The maximum absolute atomic E-state index is 11.0. The van der Waals surface area contributed by atoms with Gasteiger partial charge in [-0.25, -0.2) is 4.79 Å². The Morgan fingerprint density at radius 2 is 2.20 bits per heavy atom. The molecule has 0 saturated carbocycles. The zero-order valence-corrected chi connectivity index (χ0v) is 9.17. The summed E-state index contributed by atoms with van der Waals surface area (Å²) in [6.07, 6.45) is 0. The first kappa shape index (κ1) is 11.6. The van der Waals surface area contributed by atoms with Gasteiger partial charge in [0.1, 0.15) is 0 Å². The van der Waals surface area contributed by atoms with E-state index in [4.69, 9.17) is 16.3 Å². The Labute approximate surface area is 94.2 Å². The van der Waals surface area contributed by atoms with E-state index in [1.54, 1.807) is 6.92 Å². The van der Waals surface area contributed by atoms with Gasteiger partial charge in [0, 0.05) is 17.4 Å². The molecule has 0 amide bonds. The van der Waals surface area contributed by atoms with Crippen molar-refractivity contribution in [2.24, 2.45) is 0 Å². The van der Waals surface area contributed by atoms with Crippen molar-refractivity contribution in [3.63, 3.8) is 0 Å². The third-order valence-corrected chi connectivity index (χ3v) is 2.02. The molecule has 0 unspecified atom stereocenters. The number of alkyl halides is 1. The standard InChI is InChI=1S/C12H11ClO2/c1-2-15-12(14)8-7-10-5-3-4-6-11(10)9-13/h3-6H,2,9H2,1H3. The minimum atomic E-state index is -0.512. The molecule has 1 aromatic rings. The molecule has 0 atom stereocenters. The van der Waals surface area contributed by atoms with Crippen molar-refractivity contribution in [1.29, 1.82) is 0 Å². The Balaban J connectivity index is 2.83. The lowest BCUT2D eigenvalue weighted by Gasteiger charge is -1.97. The first-order valence-corrected chi connectivity index (χ1v) is 5.14. The molecule has 78 valence electrons. The van der Waals surface area contributed by atoms with Crippen LogP contribution in [0.5, 0.6) is 0 Å². The van der Waals surface area contributed by atoms with Crippen LogP contribution in [0.25, 0.3) is 0 Å². The minimum absolute atomic E-state index is 0.338. The molecule has 0 radical (unpaired) electrons. The molecule has 1 aromatic carbocycles. The fourth-order valence-electron chi connectivity index (χ4n) is 1.04. The van der Waals surface area contributed by atoms with E-state index in [-0.39, 0.29) is 0 Å². The Kier molecular flexibility index (Phi) is 4.73. The van der Waals surface area contributed by atoms with Crippen molar-refractivity contribution in [3.8, 4) is 11.8 Å². The van der Waals surface area contributed by atoms with Gasteiger partial charge in [-0.05, 0) is 18.6 Å². The predicted octanol–water partition coefficient (Wildman–Crippen LogP) is 2.34. The summed E-state index contributed by atoms with van der Waals surface area (Å²) in [6, 6.07) is 7.44. The van der Waals surface area contributed by atoms with E-state index in [1.165, 1.54) is 0 Å². The third kappa shape index (κ3) is 3.65. The van der Waals surface area contributed by atoms with Crippen LogP contribution >= 0.6 is 11.6 Å². The van der Waals surface area contributed by atoms with E-state index in [1.807, 2.05) is 24.3 Å². The Morgan fingerprint density at radius 3 is 2.87 bits per heavy atom. The van der Waals surface area contributed by atoms with Crippen LogP contribution in [0, 0.1) is 11.8 Å². The SMILES string of the molecule is CCOC(=O)C#Cc1ccccc1CCl. The number of hydrogen-bond donors (Lipinski definition) is 0. The van der Waals surface area contributed by atoms with Gasteiger partial charge in [0.05, 0.1) is 6.61 Å². The molecule has 0 N–H and O–H groups in total. The van der Waals surface area contributed by atoms with Crippen molar-refractivity contribution < 1.29 is 9.53 Å². The lowest BCUT2D eigenvalue weighted by molar-refractivity contribution is -0.136. The van der Waals surface area contributed by atoms with Gasteiger partial charge < -0.3 is 4.74 Å². The van der Waals surface area contributed by atoms with Gasteiger partial charge in [-0.1, -0.05) is 24.1 Å². The van der Waals surface area contributed by atoms with E-state index in [9.17, 15) is 4.79 Å². The van der Waals surface area contributed by atoms with E-state index >= 15 is 0 Å². The van der Waals surface area contributed by atoms with Crippen LogP contribution in [-0.4, -0.2) is 12.6 Å². The highest BCUT2D eigenvalue weighted by molar-refractivity contribution is 6.17. The summed E-state index contributed by atoms with van der Waals surface area (Å²) in [5, 5.41) is 0. The van der Waals surface area contributed by atoms with Crippen LogP contribution in [-0.2, 0) is 15.4 Å². The molecule has 0 fully saturated rings. The second-order valence-electron chi connectivity index (χ2n) is 2.76. The summed E-state index contributed by atoms with van der Waals surface area (Å²) < 4.78 is 4.69. The number of ether oxygens (including phenoxy) is 1. The van der Waals surface area contributed by atoms with Gasteiger partial charge in [0.2, 0.25) is 0 Å². The molecule has 2 nitrogen and oxygen atoms in total. The van der Waals surface area contributed by atoms with E-state index < -0.39 is 5.97 Å². The van der Waals surface area contributed by atoms with Gasteiger partial charge in [-0.2, -0.15) is 0 Å². The zero-order valence-electron chi connectivity index (χ0n) is 8.42. The average molecular weight is 223 g/mol. The number of esters is 1. The quantitative estimate of drug-likeness (QED) is 0.436. The average Bonchev–Trinajstić information content (AvgIpc) is 2.27. The van der Waals surface area contributed by atoms with E-state index in [0.717, 1.165) is 11.1 Å². The van der Waals surface area contributed by atoms with Crippen molar-refractivity contribution in [2.75, 3.05) is 6.61 Å². The molecule has 0 heterocycles. The van der Waals surface area contributed by atoms with Crippen LogP contribution in [0.1, 0.15) is 18.1 Å². The molecular weight excluding hydrogens is 212 g/mol. The largest absolute Gasteiger partial charge is 0.456 e.